The van der Waals surface area contributed by atoms with E-state index in [0.717, 1.165) is 6.42 Å². The monoisotopic (exact) mass is 248 g/mol. The second-order valence-corrected chi connectivity index (χ2v) is 5.38. The molecule has 1 atom stereocenters. The highest BCUT2D eigenvalue weighted by Gasteiger charge is 2.61. The van der Waals surface area contributed by atoms with Crippen LogP contribution in [0.15, 0.2) is 61.2 Å². The van der Waals surface area contributed by atoms with Gasteiger partial charge >= 0.3 is 0 Å². The van der Waals surface area contributed by atoms with Crippen LogP contribution in [0, 0.1) is 0 Å². The quantitative estimate of drug-likeness (QED) is 0.748. The van der Waals surface area contributed by atoms with Crippen LogP contribution in [0.4, 0.5) is 0 Å². The van der Waals surface area contributed by atoms with Gasteiger partial charge in [0.15, 0.2) is 0 Å². The highest BCUT2D eigenvalue weighted by Crippen LogP contribution is 2.63. The molecular weight excluding hydrogens is 232 g/mol. The summed E-state index contributed by atoms with van der Waals surface area (Å²) in [7, 11) is 0. The minimum Gasteiger partial charge on any atom is -0.373 e. The predicted molar refractivity (Wildman–Crippen MR) is 77.2 cm³/mol. The third kappa shape index (κ3) is 1.34. The number of ether oxygens (including phenoxy) is 1. The molecule has 0 amide bonds. The zero-order valence-corrected chi connectivity index (χ0v) is 10.8. The average molecular weight is 248 g/mol. The van der Waals surface area contributed by atoms with Crippen molar-refractivity contribution >= 4 is 0 Å². The molecule has 1 heteroatoms. The van der Waals surface area contributed by atoms with Crippen LogP contribution in [0.5, 0.6) is 0 Å². The molecule has 0 saturated heterocycles. The SMILES string of the molecule is C=CCO[C@@H]1CC12c1ccccc1-c1ccccc12. The maximum atomic E-state index is 5.94. The summed E-state index contributed by atoms with van der Waals surface area (Å²) in [6.45, 7) is 4.37. The first-order valence-corrected chi connectivity index (χ1v) is 6.80. The van der Waals surface area contributed by atoms with Crippen molar-refractivity contribution in [2.24, 2.45) is 0 Å². The largest absolute Gasteiger partial charge is 0.373 e. The van der Waals surface area contributed by atoms with Crippen molar-refractivity contribution < 1.29 is 4.74 Å². The molecule has 0 aliphatic heterocycles. The molecule has 0 bridgehead atoms. The number of hydrogen-bond acceptors (Lipinski definition) is 1. The van der Waals surface area contributed by atoms with E-state index in [9.17, 15) is 0 Å². The lowest BCUT2D eigenvalue weighted by molar-refractivity contribution is 0.134. The number of benzene rings is 2. The lowest BCUT2D eigenvalue weighted by Gasteiger charge is -2.13. The van der Waals surface area contributed by atoms with Crippen LogP contribution in [0.2, 0.25) is 0 Å². The minimum absolute atomic E-state index is 0.107. The first kappa shape index (κ1) is 11.0. The van der Waals surface area contributed by atoms with E-state index in [4.69, 9.17) is 4.74 Å². The van der Waals surface area contributed by atoms with Gasteiger partial charge in [-0.1, -0.05) is 54.6 Å². The number of fused-ring (bicyclic) bond motifs is 5. The van der Waals surface area contributed by atoms with Crippen molar-refractivity contribution in [3.05, 3.63) is 72.3 Å². The lowest BCUT2D eigenvalue weighted by atomic mass is 9.93. The van der Waals surface area contributed by atoms with Gasteiger partial charge in [0.05, 0.1) is 18.1 Å². The lowest BCUT2D eigenvalue weighted by Crippen LogP contribution is -2.13. The van der Waals surface area contributed by atoms with E-state index in [1.807, 2.05) is 6.08 Å². The summed E-state index contributed by atoms with van der Waals surface area (Å²) in [5, 5.41) is 0. The van der Waals surface area contributed by atoms with E-state index in [0.29, 0.717) is 12.7 Å². The summed E-state index contributed by atoms with van der Waals surface area (Å²) in [6, 6.07) is 17.5. The third-order valence-electron chi connectivity index (χ3n) is 4.42. The van der Waals surface area contributed by atoms with Crippen molar-refractivity contribution in [3.63, 3.8) is 0 Å². The summed E-state index contributed by atoms with van der Waals surface area (Å²) < 4.78 is 5.94. The minimum atomic E-state index is 0.107. The molecule has 1 saturated carbocycles. The van der Waals surface area contributed by atoms with Crippen LogP contribution in [0.1, 0.15) is 17.5 Å². The second kappa shape index (κ2) is 3.82. The van der Waals surface area contributed by atoms with Gasteiger partial charge in [-0.2, -0.15) is 0 Å². The molecule has 0 aromatic heterocycles. The first-order valence-electron chi connectivity index (χ1n) is 6.80. The van der Waals surface area contributed by atoms with Crippen molar-refractivity contribution in [1.82, 2.24) is 0 Å². The number of hydrogen-bond donors (Lipinski definition) is 0. The van der Waals surface area contributed by atoms with Crippen molar-refractivity contribution in [1.29, 1.82) is 0 Å². The molecule has 2 aromatic carbocycles. The Morgan fingerprint density at radius 2 is 1.63 bits per heavy atom. The second-order valence-electron chi connectivity index (χ2n) is 5.38. The van der Waals surface area contributed by atoms with Gasteiger partial charge in [-0.3, -0.25) is 0 Å². The Hall–Kier alpha value is -1.86. The van der Waals surface area contributed by atoms with Crippen LogP contribution in [0.25, 0.3) is 11.1 Å². The van der Waals surface area contributed by atoms with Gasteiger partial charge in [0.2, 0.25) is 0 Å². The van der Waals surface area contributed by atoms with E-state index in [1.54, 1.807) is 0 Å². The summed E-state index contributed by atoms with van der Waals surface area (Å²) >= 11 is 0. The van der Waals surface area contributed by atoms with Crippen LogP contribution < -0.4 is 0 Å². The Labute approximate surface area is 113 Å². The summed E-state index contributed by atoms with van der Waals surface area (Å²) in [4.78, 5) is 0. The van der Waals surface area contributed by atoms with E-state index in [2.05, 4.69) is 55.1 Å². The Balaban J connectivity index is 1.87. The zero-order valence-electron chi connectivity index (χ0n) is 10.8. The van der Waals surface area contributed by atoms with E-state index < -0.39 is 0 Å². The van der Waals surface area contributed by atoms with Gasteiger partial charge in [-0.05, 0) is 28.7 Å². The van der Waals surface area contributed by atoms with Crippen molar-refractivity contribution in [2.75, 3.05) is 6.61 Å². The molecule has 0 radical (unpaired) electrons. The van der Waals surface area contributed by atoms with E-state index in [1.165, 1.54) is 22.3 Å². The van der Waals surface area contributed by atoms with E-state index >= 15 is 0 Å². The summed E-state index contributed by atoms with van der Waals surface area (Å²) in [5.41, 5.74) is 5.73. The van der Waals surface area contributed by atoms with Gasteiger partial charge in [0, 0.05) is 0 Å². The Kier molecular flexibility index (Phi) is 2.21. The molecular formula is C18H16O. The molecule has 2 aromatic rings. The molecule has 1 fully saturated rings. The van der Waals surface area contributed by atoms with E-state index in [-0.39, 0.29) is 5.41 Å². The molecule has 1 spiro atoms. The van der Waals surface area contributed by atoms with Crippen molar-refractivity contribution in [3.8, 4) is 11.1 Å². The van der Waals surface area contributed by atoms with Crippen LogP contribution in [-0.2, 0) is 10.2 Å². The summed E-state index contributed by atoms with van der Waals surface area (Å²) in [6.07, 6.45) is 3.23. The Bertz CT molecular complexity index is 611. The highest BCUT2D eigenvalue weighted by atomic mass is 16.5. The molecule has 0 unspecified atom stereocenters. The van der Waals surface area contributed by atoms with Gasteiger partial charge in [0.25, 0.3) is 0 Å². The molecule has 4 rings (SSSR count). The normalized spacial score (nSPS) is 20.9. The van der Waals surface area contributed by atoms with Gasteiger partial charge in [-0.25, -0.2) is 0 Å². The zero-order chi connectivity index (χ0) is 12.9. The van der Waals surface area contributed by atoms with Crippen LogP contribution in [0.3, 0.4) is 0 Å². The highest BCUT2D eigenvalue weighted by molar-refractivity contribution is 5.83. The van der Waals surface area contributed by atoms with Gasteiger partial charge in [0.1, 0.15) is 0 Å². The van der Waals surface area contributed by atoms with Gasteiger partial charge in [-0.15, -0.1) is 6.58 Å². The van der Waals surface area contributed by atoms with Crippen molar-refractivity contribution in [2.45, 2.75) is 17.9 Å². The first-order chi connectivity index (χ1) is 9.38. The Morgan fingerprint density at radius 1 is 1.05 bits per heavy atom. The molecule has 19 heavy (non-hydrogen) atoms. The maximum absolute atomic E-state index is 5.94. The third-order valence-corrected chi connectivity index (χ3v) is 4.42. The maximum Gasteiger partial charge on any atom is 0.0730 e. The standard InChI is InChI=1S/C18H16O/c1-2-11-19-17-12-18(17)15-9-5-3-7-13(15)14-8-4-6-10-16(14)18/h2-10,17H,1,11-12H2/t17-/m1/s1. The van der Waals surface area contributed by atoms with Crippen LogP contribution in [-0.4, -0.2) is 12.7 Å². The topological polar surface area (TPSA) is 9.23 Å². The molecule has 1 nitrogen and oxygen atoms in total. The fourth-order valence-corrected chi connectivity index (χ4v) is 3.54. The summed E-state index contributed by atoms with van der Waals surface area (Å²) in [5.74, 6) is 0. The molecule has 0 N–H and O–H groups in total. The Morgan fingerprint density at radius 3 is 2.21 bits per heavy atom. The fraction of sp³-hybridized carbons (Fsp3) is 0.222. The van der Waals surface area contributed by atoms with Gasteiger partial charge < -0.3 is 4.74 Å². The molecule has 2 aliphatic carbocycles. The fourth-order valence-electron chi connectivity index (χ4n) is 3.54. The molecule has 0 heterocycles. The predicted octanol–water partition coefficient (Wildman–Crippen LogP) is 3.93. The number of rotatable bonds is 3. The smallest absolute Gasteiger partial charge is 0.0730 e. The van der Waals surface area contributed by atoms with Crippen LogP contribution >= 0.6 is 0 Å². The average Bonchev–Trinajstić information content (AvgIpc) is 3.13. The molecule has 94 valence electrons. The molecule has 2 aliphatic rings.